The van der Waals surface area contributed by atoms with Gasteiger partial charge in [0.25, 0.3) is 5.91 Å². The van der Waals surface area contributed by atoms with Crippen molar-refractivity contribution < 1.29 is 29.0 Å². The van der Waals surface area contributed by atoms with Crippen molar-refractivity contribution in [2.45, 2.75) is 26.3 Å². The van der Waals surface area contributed by atoms with Gasteiger partial charge in [-0.1, -0.05) is 0 Å². The number of ketones is 1. The summed E-state index contributed by atoms with van der Waals surface area (Å²) in [5.74, 6) is -1.09. The highest BCUT2D eigenvalue weighted by atomic mass is 79.9. The van der Waals surface area contributed by atoms with Gasteiger partial charge in [-0.3, -0.25) is 15.0 Å². The number of carbonyl (C=O) groups is 3. The molecule has 1 aromatic heterocycles. The van der Waals surface area contributed by atoms with Gasteiger partial charge in [-0.2, -0.15) is 0 Å². The third-order valence-corrected chi connectivity index (χ3v) is 6.09. The summed E-state index contributed by atoms with van der Waals surface area (Å²) >= 11 is 0. The van der Waals surface area contributed by atoms with Crippen LogP contribution in [0.1, 0.15) is 51.9 Å². The third-order valence-electron chi connectivity index (χ3n) is 6.09. The van der Waals surface area contributed by atoms with Crippen LogP contribution in [0.3, 0.4) is 0 Å². The number of hydrogen-bond acceptors (Lipinski definition) is 8. The number of carboxylic acids is 1. The van der Waals surface area contributed by atoms with Crippen LogP contribution in [0.15, 0.2) is 24.3 Å². The van der Waals surface area contributed by atoms with Crippen LogP contribution in [0, 0.1) is 5.41 Å². The van der Waals surface area contributed by atoms with Crippen LogP contribution in [-0.2, 0) is 11.3 Å². The number of nitrogens with one attached hydrogen (secondary N) is 2. The lowest BCUT2D eigenvalue weighted by atomic mass is 10.1. The first-order valence-corrected chi connectivity index (χ1v) is 11.8. The minimum atomic E-state index is -1.10. The van der Waals surface area contributed by atoms with Gasteiger partial charge in [-0.15, -0.1) is 17.0 Å². The molecule has 0 radical (unpaired) electrons. The number of amidine groups is 1. The van der Waals surface area contributed by atoms with E-state index in [-0.39, 0.29) is 47.4 Å². The Bertz CT molecular complexity index is 1210. The summed E-state index contributed by atoms with van der Waals surface area (Å²) in [5, 5.41) is 20.1. The van der Waals surface area contributed by atoms with Crippen LogP contribution in [0.25, 0.3) is 0 Å². The Balaban J connectivity index is 0.00000380. The lowest BCUT2D eigenvalue weighted by molar-refractivity contribution is -0.139. The molecule has 0 unspecified atom stereocenters. The number of amides is 1. The first kappa shape index (κ1) is 27.9. The van der Waals surface area contributed by atoms with Gasteiger partial charge in [0.2, 0.25) is 0 Å². The zero-order valence-electron chi connectivity index (χ0n) is 20.7. The molecule has 0 saturated carbocycles. The van der Waals surface area contributed by atoms with Crippen molar-refractivity contribution in [3.05, 3.63) is 46.8 Å². The Morgan fingerprint density at radius 1 is 1.14 bits per heavy atom. The van der Waals surface area contributed by atoms with Crippen molar-refractivity contribution in [2.24, 2.45) is 0 Å². The first-order chi connectivity index (χ1) is 17.3. The minimum Gasteiger partial charge on any atom is -0.491 e. The molecule has 0 aliphatic carbocycles. The number of anilines is 1. The lowest BCUT2D eigenvalue weighted by Gasteiger charge is -2.21. The predicted molar refractivity (Wildman–Crippen MR) is 142 cm³/mol. The van der Waals surface area contributed by atoms with E-state index in [0.717, 1.165) is 31.6 Å². The summed E-state index contributed by atoms with van der Waals surface area (Å²) in [5.41, 5.74) is 2.30. The van der Waals surface area contributed by atoms with Crippen molar-refractivity contribution >= 4 is 46.2 Å². The van der Waals surface area contributed by atoms with Gasteiger partial charge in [0.05, 0.1) is 13.2 Å². The van der Waals surface area contributed by atoms with Crippen LogP contribution in [0.4, 0.5) is 5.69 Å². The average molecular weight is 576 g/mol. The topological polar surface area (TPSA) is 145 Å². The van der Waals surface area contributed by atoms with Crippen molar-refractivity contribution in [1.82, 2.24) is 15.2 Å². The quantitative estimate of drug-likeness (QED) is 0.363. The number of carbonyl (C=O) groups excluding carboxylic acids is 2. The Kier molecular flexibility index (Phi) is 9.09. The minimum absolute atomic E-state index is 0. The number of hydrogen-bond donors (Lipinski definition) is 3. The second-order valence-corrected chi connectivity index (χ2v) is 8.57. The standard InChI is InChI=1S/C25H29N5O6.BrH/c1-3-35-20-10-16-12-30(24(26)22(16)28-23(20)25(34)27-2)13-19(31)15-8-17(29-6-4-5-7-29)11-18(9-15)36-14-21(32)33;/h8-11,26H,3-7,12-14H2,1-2H3,(H,27,34)(H,32,33);1H. The second-order valence-electron chi connectivity index (χ2n) is 8.57. The van der Waals surface area contributed by atoms with Crippen molar-refractivity contribution in [3.63, 3.8) is 0 Å². The number of Topliss-reactive ketones (excluding diaryl/α,β-unsaturated/α-hetero) is 1. The molecule has 1 fully saturated rings. The van der Waals surface area contributed by atoms with Crippen molar-refractivity contribution in [2.75, 3.05) is 44.8 Å². The van der Waals surface area contributed by atoms with Gasteiger partial charge in [0.15, 0.2) is 23.8 Å². The van der Waals surface area contributed by atoms with E-state index in [1.165, 1.54) is 13.1 Å². The number of fused-ring (bicyclic) bond motifs is 1. The lowest BCUT2D eigenvalue weighted by Crippen LogP contribution is -2.31. The van der Waals surface area contributed by atoms with Crippen LogP contribution in [0.2, 0.25) is 0 Å². The van der Waals surface area contributed by atoms with Crippen molar-refractivity contribution in [1.29, 1.82) is 5.41 Å². The van der Waals surface area contributed by atoms with E-state index < -0.39 is 18.5 Å². The van der Waals surface area contributed by atoms with Crippen LogP contribution in [-0.4, -0.2) is 78.4 Å². The number of carboxylic acid groups (broad SMARTS) is 1. The fourth-order valence-corrected chi connectivity index (χ4v) is 4.37. The fraction of sp³-hybridized carbons (Fsp3) is 0.400. The fourth-order valence-electron chi connectivity index (χ4n) is 4.37. The Morgan fingerprint density at radius 2 is 1.86 bits per heavy atom. The largest absolute Gasteiger partial charge is 0.491 e. The Labute approximate surface area is 225 Å². The highest BCUT2D eigenvalue weighted by molar-refractivity contribution is 8.93. The average Bonchev–Trinajstić information content (AvgIpc) is 3.50. The molecule has 37 heavy (non-hydrogen) atoms. The SMILES string of the molecule is Br.CCOc1cc2c(nc1C(=O)NC)C(=N)N(CC(=O)c1cc(OCC(=O)O)cc(N3CCCC3)c1)C2. The van der Waals surface area contributed by atoms with E-state index in [9.17, 15) is 14.4 Å². The van der Waals surface area contributed by atoms with E-state index in [2.05, 4.69) is 15.2 Å². The smallest absolute Gasteiger partial charge is 0.341 e. The Morgan fingerprint density at radius 3 is 2.51 bits per heavy atom. The van der Waals surface area contributed by atoms with Gasteiger partial charge in [-0.05, 0) is 38.0 Å². The summed E-state index contributed by atoms with van der Waals surface area (Å²) in [6.07, 6.45) is 2.09. The molecule has 198 valence electrons. The number of nitrogens with zero attached hydrogens (tertiary/aromatic N) is 3. The molecule has 2 aliphatic heterocycles. The molecule has 1 aromatic carbocycles. The van der Waals surface area contributed by atoms with Crippen molar-refractivity contribution in [3.8, 4) is 11.5 Å². The summed E-state index contributed by atoms with van der Waals surface area (Å²) in [7, 11) is 1.49. The number of aliphatic carboxylic acids is 1. The molecule has 0 atom stereocenters. The first-order valence-electron chi connectivity index (χ1n) is 11.8. The molecule has 1 saturated heterocycles. The summed E-state index contributed by atoms with van der Waals surface area (Å²) in [6.45, 7) is 3.53. The van der Waals surface area contributed by atoms with Gasteiger partial charge in [0.1, 0.15) is 17.3 Å². The molecule has 2 aromatic rings. The van der Waals surface area contributed by atoms with E-state index in [4.69, 9.17) is 20.0 Å². The van der Waals surface area contributed by atoms with Crippen LogP contribution < -0.4 is 19.7 Å². The molecular formula is C25H30BrN5O6. The highest BCUT2D eigenvalue weighted by Crippen LogP contribution is 2.30. The predicted octanol–water partition coefficient (Wildman–Crippen LogP) is 2.51. The molecule has 12 heteroatoms. The normalized spacial score (nSPS) is 14.2. The molecular weight excluding hydrogens is 546 g/mol. The van der Waals surface area contributed by atoms with Gasteiger partial charge < -0.3 is 29.7 Å². The maximum Gasteiger partial charge on any atom is 0.341 e. The Hall–Kier alpha value is -3.67. The monoisotopic (exact) mass is 575 g/mol. The molecule has 2 aliphatic rings. The van der Waals surface area contributed by atoms with Crippen LogP contribution >= 0.6 is 17.0 Å². The molecule has 1 amide bonds. The van der Waals surface area contributed by atoms with E-state index in [1.807, 2.05) is 0 Å². The summed E-state index contributed by atoms with van der Waals surface area (Å²) in [4.78, 5) is 44.7. The van der Waals surface area contributed by atoms with E-state index >= 15 is 0 Å². The molecule has 0 spiro atoms. The third kappa shape index (κ3) is 6.19. The number of rotatable bonds is 10. The van der Waals surface area contributed by atoms with Gasteiger partial charge >= 0.3 is 5.97 Å². The molecule has 3 N–H and O–H groups in total. The number of benzene rings is 1. The molecule has 4 rings (SSSR count). The maximum atomic E-state index is 13.3. The zero-order valence-corrected chi connectivity index (χ0v) is 22.4. The maximum absolute atomic E-state index is 13.3. The summed E-state index contributed by atoms with van der Waals surface area (Å²) in [6, 6.07) is 6.76. The number of aromatic nitrogens is 1. The van der Waals surface area contributed by atoms with Gasteiger partial charge in [-0.25, -0.2) is 9.78 Å². The number of pyridine rings is 1. The number of ether oxygens (including phenoxy) is 2. The molecule has 0 bridgehead atoms. The highest BCUT2D eigenvalue weighted by Gasteiger charge is 2.31. The summed E-state index contributed by atoms with van der Waals surface area (Å²) < 4.78 is 11.0. The van der Waals surface area contributed by atoms with E-state index in [0.29, 0.717) is 34.9 Å². The van der Waals surface area contributed by atoms with Crippen LogP contribution in [0.5, 0.6) is 11.5 Å². The second kappa shape index (κ2) is 12.0. The zero-order chi connectivity index (χ0) is 25.8. The van der Waals surface area contributed by atoms with E-state index in [1.54, 1.807) is 30.0 Å². The molecule has 11 nitrogen and oxygen atoms in total. The molecule has 3 heterocycles. The van der Waals surface area contributed by atoms with Gasteiger partial charge in [0, 0.05) is 49.6 Å². The number of halogens is 1.